The van der Waals surface area contributed by atoms with Crippen LogP contribution in [0.3, 0.4) is 0 Å². The van der Waals surface area contributed by atoms with E-state index in [4.69, 9.17) is 4.98 Å². The summed E-state index contributed by atoms with van der Waals surface area (Å²) < 4.78 is 1.11. The van der Waals surface area contributed by atoms with Crippen LogP contribution >= 0.6 is 27.3 Å². The van der Waals surface area contributed by atoms with Gasteiger partial charge < -0.3 is 4.90 Å². The van der Waals surface area contributed by atoms with Crippen molar-refractivity contribution in [2.75, 3.05) is 11.9 Å². The Morgan fingerprint density at radius 3 is 2.90 bits per heavy atom. The van der Waals surface area contributed by atoms with Gasteiger partial charge in [0.2, 0.25) is 0 Å². The maximum absolute atomic E-state index is 9.42. The van der Waals surface area contributed by atoms with Crippen LogP contribution < -0.4 is 4.90 Å². The fourth-order valence-corrected chi connectivity index (χ4v) is 4.24. The number of halogens is 1. The van der Waals surface area contributed by atoms with Crippen LogP contribution in [0.4, 0.5) is 5.82 Å². The standard InChI is InChI=1S/C16H16BrN3S/c1-20(9-14-7-13(17)10-21-14)16-12(8-18)6-11-4-2-3-5-15(11)19-16/h6-7,10H,2-5,9H2,1H3. The first-order chi connectivity index (χ1) is 10.2. The van der Waals surface area contributed by atoms with Gasteiger partial charge in [-0.3, -0.25) is 0 Å². The molecule has 1 aliphatic carbocycles. The Hall–Kier alpha value is -1.38. The van der Waals surface area contributed by atoms with Crippen LogP contribution in [0.1, 0.15) is 34.5 Å². The largest absolute Gasteiger partial charge is 0.353 e. The maximum atomic E-state index is 9.42. The SMILES string of the molecule is CN(Cc1cc(Br)cs1)c1nc2c(cc1C#N)CCCC2. The second kappa shape index (κ2) is 6.17. The molecule has 0 fully saturated rings. The third-order valence-corrected chi connectivity index (χ3v) is 5.46. The molecule has 2 aromatic rings. The maximum Gasteiger partial charge on any atom is 0.146 e. The molecule has 0 unspecified atom stereocenters. The predicted octanol–water partition coefficient (Wildman–Crippen LogP) is 4.29. The summed E-state index contributed by atoms with van der Waals surface area (Å²) >= 11 is 5.20. The fourth-order valence-electron chi connectivity index (χ4n) is 2.74. The third-order valence-electron chi connectivity index (χ3n) is 3.78. The average molecular weight is 362 g/mol. The normalized spacial score (nSPS) is 13.6. The Bertz CT molecular complexity index is 702. The fraction of sp³-hybridized carbons (Fsp3) is 0.375. The van der Waals surface area contributed by atoms with E-state index in [0.29, 0.717) is 5.56 Å². The molecule has 1 aliphatic rings. The van der Waals surface area contributed by atoms with E-state index in [1.54, 1.807) is 11.3 Å². The highest BCUT2D eigenvalue weighted by Gasteiger charge is 2.17. The number of pyridine rings is 1. The van der Waals surface area contributed by atoms with E-state index >= 15 is 0 Å². The molecule has 0 aliphatic heterocycles. The Labute approximate surface area is 137 Å². The molecule has 5 heteroatoms. The molecule has 3 rings (SSSR count). The van der Waals surface area contributed by atoms with E-state index in [2.05, 4.69) is 38.3 Å². The summed E-state index contributed by atoms with van der Waals surface area (Å²) in [6, 6.07) is 6.46. The number of rotatable bonds is 3. The summed E-state index contributed by atoms with van der Waals surface area (Å²) in [6.45, 7) is 0.775. The molecule has 0 radical (unpaired) electrons. The number of hydrogen-bond acceptors (Lipinski definition) is 4. The van der Waals surface area contributed by atoms with Crippen molar-refractivity contribution in [3.63, 3.8) is 0 Å². The molecular formula is C16H16BrN3S. The van der Waals surface area contributed by atoms with Gasteiger partial charge in [-0.2, -0.15) is 5.26 Å². The van der Waals surface area contributed by atoms with Crippen LogP contribution in [0.5, 0.6) is 0 Å². The van der Waals surface area contributed by atoms with Gasteiger partial charge in [-0.1, -0.05) is 0 Å². The molecule has 0 atom stereocenters. The summed E-state index contributed by atoms with van der Waals surface area (Å²) in [7, 11) is 2.01. The van der Waals surface area contributed by atoms with E-state index < -0.39 is 0 Å². The number of nitriles is 1. The molecule has 0 saturated heterocycles. The van der Waals surface area contributed by atoms with Crippen molar-refractivity contribution in [2.45, 2.75) is 32.2 Å². The molecule has 0 saturated carbocycles. The Morgan fingerprint density at radius 1 is 1.38 bits per heavy atom. The molecule has 108 valence electrons. The molecule has 2 aromatic heterocycles. The highest BCUT2D eigenvalue weighted by Crippen LogP contribution is 2.28. The first-order valence-electron chi connectivity index (χ1n) is 7.04. The van der Waals surface area contributed by atoms with Crippen molar-refractivity contribution in [2.24, 2.45) is 0 Å². The zero-order valence-electron chi connectivity index (χ0n) is 11.9. The van der Waals surface area contributed by atoms with E-state index in [-0.39, 0.29) is 0 Å². The number of anilines is 1. The van der Waals surface area contributed by atoms with Gasteiger partial charge >= 0.3 is 0 Å². The Morgan fingerprint density at radius 2 is 2.19 bits per heavy atom. The monoisotopic (exact) mass is 361 g/mol. The zero-order valence-corrected chi connectivity index (χ0v) is 14.3. The average Bonchev–Trinajstić information content (AvgIpc) is 2.90. The lowest BCUT2D eigenvalue weighted by atomic mass is 9.95. The van der Waals surface area contributed by atoms with Crippen LogP contribution in [0.15, 0.2) is 22.0 Å². The number of hydrogen-bond donors (Lipinski definition) is 0. The van der Waals surface area contributed by atoms with Crippen molar-refractivity contribution in [3.05, 3.63) is 43.7 Å². The van der Waals surface area contributed by atoms with Gasteiger partial charge in [0, 0.05) is 27.5 Å². The molecule has 0 amide bonds. The minimum absolute atomic E-state index is 0.689. The van der Waals surface area contributed by atoms with Gasteiger partial charge in [-0.05, 0) is 59.3 Å². The molecule has 3 nitrogen and oxygen atoms in total. The van der Waals surface area contributed by atoms with Gasteiger partial charge in [0.15, 0.2) is 0 Å². The third kappa shape index (κ3) is 3.12. The molecule has 0 N–H and O–H groups in total. The topological polar surface area (TPSA) is 39.9 Å². The minimum Gasteiger partial charge on any atom is -0.353 e. The predicted molar refractivity (Wildman–Crippen MR) is 89.7 cm³/mol. The first kappa shape index (κ1) is 14.6. The molecule has 0 spiro atoms. The van der Waals surface area contributed by atoms with E-state index in [0.717, 1.165) is 29.7 Å². The van der Waals surface area contributed by atoms with Crippen molar-refractivity contribution in [1.29, 1.82) is 5.26 Å². The van der Waals surface area contributed by atoms with Gasteiger partial charge in [-0.25, -0.2) is 4.98 Å². The van der Waals surface area contributed by atoms with Crippen molar-refractivity contribution in [3.8, 4) is 6.07 Å². The van der Waals surface area contributed by atoms with Crippen LogP contribution in [-0.2, 0) is 19.4 Å². The van der Waals surface area contributed by atoms with Crippen LogP contribution in [0.2, 0.25) is 0 Å². The zero-order chi connectivity index (χ0) is 14.8. The van der Waals surface area contributed by atoms with E-state index in [1.165, 1.54) is 29.0 Å². The van der Waals surface area contributed by atoms with Crippen LogP contribution in [0.25, 0.3) is 0 Å². The second-order valence-corrected chi connectivity index (χ2v) is 7.28. The Balaban J connectivity index is 1.91. The second-order valence-electron chi connectivity index (χ2n) is 5.37. The van der Waals surface area contributed by atoms with Crippen molar-refractivity contribution >= 4 is 33.1 Å². The summed E-state index contributed by atoms with van der Waals surface area (Å²) in [6.07, 6.45) is 4.50. The lowest BCUT2D eigenvalue weighted by Gasteiger charge is -2.22. The van der Waals surface area contributed by atoms with Gasteiger partial charge in [0.25, 0.3) is 0 Å². The molecule has 21 heavy (non-hydrogen) atoms. The first-order valence-corrected chi connectivity index (χ1v) is 8.71. The summed E-state index contributed by atoms with van der Waals surface area (Å²) in [5.74, 6) is 0.808. The van der Waals surface area contributed by atoms with Crippen molar-refractivity contribution < 1.29 is 0 Å². The number of nitrogens with zero attached hydrogens (tertiary/aromatic N) is 3. The van der Waals surface area contributed by atoms with Gasteiger partial charge in [-0.15, -0.1) is 11.3 Å². The smallest absolute Gasteiger partial charge is 0.146 e. The summed E-state index contributed by atoms with van der Waals surface area (Å²) in [4.78, 5) is 8.12. The van der Waals surface area contributed by atoms with E-state index in [1.807, 2.05) is 13.1 Å². The van der Waals surface area contributed by atoms with Crippen molar-refractivity contribution in [1.82, 2.24) is 4.98 Å². The van der Waals surface area contributed by atoms with Gasteiger partial charge in [0.05, 0.1) is 12.1 Å². The highest BCUT2D eigenvalue weighted by molar-refractivity contribution is 9.10. The number of aromatic nitrogens is 1. The quantitative estimate of drug-likeness (QED) is 0.818. The molecular weight excluding hydrogens is 346 g/mol. The lowest BCUT2D eigenvalue weighted by molar-refractivity contribution is 0.665. The van der Waals surface area contributed by atoms with Gasteiger partial charge in [0.1, 0.15) is 11.9 Å². The van der Waals surface area contributed by atoms with E-state index in [9.17, 15) is 5.26 Å². The number of aryl methyl sites for hydroxylation is 2. The molecule has 0 aromatic carbocycles. The number of fused-ring (bicyclic) bond motifs is 1. The highest BCUT2D eigenvalue weighted by atomic mass is 79.9. The Kier molecular flexibility index (Phi) is 4.27. The summed E-state index contributed by atoms with van der Waals surface area (Å²) in [5, 5.41) is 11.5. The van der Waals surface area contributed by atoms with Crippen LogP contribution in [-0.4, -0.2) is 12.0 Å². The molecule has 0 bridgehead atoms. The summed E-state index contributed by atoms with van der Waals surface area (Å²) in [5.41, 5.74) is 3.12. The minimum atomic E-state index is 0.689. The van der Waals surface area contributed by atoms with Crippen LogP contribution in [0, 0.1) is 11.3 Å². The number of thiophene rings is 1. The molecule has 2 heterocycles. The lowest BCUT2D eigenvalue weighted by Crippen LogP contribution is -2.20.